The molecule has 1 aliphatic rings. The van der Waals surface area contributed by atoms with Gasteiger partial charge in [-0.25, -0.2) is 14.2 Å². The molecule has 0 saturated carbocycles. The lowest BCUT2D eigenvalue weighted by Crippen LogP contribution is -2.45. The maximum absolute atomic E-state index is 13.4. The van der Waals surface area contributed by atoms with Crippen LogP contribution >= 0.6 is 0 Å². The van der Waals surface area contributed by atoms with E-state index in [1.54, 1.807) is 37.7 Å². The van der Waals surface area contributed by atoms with Crippen molar-refractivity contribution in [3.05, 3.63) is 83.7 Å². The summed E-state index contributed by atoms with van der Waals surface area (Å²) in [7, 11) is 1.60. The summed E-state index contributed by atoms with van der Waals surface area (Å²) >= 11 is 0. The van der Waals surface area contributed by atoms with Gasteiger partial charge in [0.25, 0.3) is 0 Å². The topological polar surface area (TPSA) is 83.2 Å². The lowest BCUT2D eigenvalue weighted by atomic mass is 9.91. The van der Waals surface area contributed by atoms with E-state index in [1.807, 2.05) is 42.8 Å². The number of benzene rings is 2. The fourth-order valence-electron chi connectivity index (χ4n) is 3.86. The first-order chi connectivity index (χ1) is 15.3. The van der Waals surface area contributed by atoms with Crippen molar-refractivity contribution < 1.29 is 13.9 Å². The van der Waals surface area contributed by atoms with Crippen LogP contribution in [0.1, 0.15) is 23.7 Å². The van der Waals surface area contributed by atoms with Crippen LogP contribution in [-0.4, -0.2) is 40.0 Å². The third kappa shape index (κ3) is 3.87. The minimum atomic E-state index is -0.799. The Labute approximate surface area is 185 Å². The number of hydrogen-bond donors (Lipinski definition) is 2. The Kier molecular flexibility index (Phi) is 5.52. The first-order valence-electron chi connectivity index (χ1n) is 10.1. The molecule has 2 N–H and O–H groups in total. The van der Waals surface area contributed by atoms with E-state index in [-0.39, 0.29) is 17.7 Å². The third-order valence-electron chi connectivity index (χ3n) is 5.61. The summed E-state index contributed by atoms with van der Waals surface area (Å²) in [5.74, 6) is 0.339. The number of hydrogen-bond acceptors (Lipinski definition) is 4. The standard InChI is InChI=1S/C24H24FN5O2/c1-16-13-29(15-28-16)20-10-4-17(12-21(20)32-3)5-11-22(26)30-23(31)27-14-24(30,2)18-6-8-19(25)9-7-18/h4-13,15,26H,14H2,1-3H3,(H,27,31). The fraction of sp³-hybridized carbons (Fsp3) is 0.208. The number of nitrogens with one attached hydrogen (secondary N) is 2. The predicted molar refractivity (Wildman–Crippen MR) is 121 cm³/mol. The summed E-state index contributed by atoms with van der Waals surface area (Å²) in [6.45, 7) is 4.09. The zero-order valence-electron chi connectivity index (χ0n) is 18.1. The molecule has 32 heavy (non-hydrogen) atoms. The maximum atomic E-state index is 13.4. The highest BCUT2D eigenvalue weighted by Crippen LogP contribution is 2.32. The number of urea groups is 1. The molecule has 1 saturated heterocycles. The quantitative estimate of drug-likeness (QED) is 0.466. The first kappa shape index (κ1) is 21.3. The monoisotopic (exact) mass is 433 g/mol. The summed E-state index contributed by atoms with van der Waals surface area (Å²) in [5.41, 5.74) is 2.51. The van der Waals surface area contributed by atoms with E-state index in [0.29, 0.717) is 12.3 Å². The normalized spacial score (nSPS) is 18.2. The summed E-state index contributed by atoms with van der Waals surface area (Å²) in [6.07, 6.45) is 6.96. The molecule has 0 bridgehead atoms. The molecule has 2 amide bonds. The van der Waals surface area contributed by atoms with E-state index >= 15 is 0 Å². The second-order valence-electron chi connectivity index (χ2n) is 7.85. The molecule has 3 aromatic rings. The van der Waals surface area contributed by atoms with Gasteiger partial charge in [-0.3, -0.25) is 10.3 Å². The number of carbonyl (C=O) groups is 1. The van der Waals surface area contributed by atoms with Gasteiger partial charge in [-0.05, 0) is 55.3 Å². The second-order valence-corrected chi connectivity index (χ2v) is 7.85. The van der Waals surface area contributed by atoms with Crippen molar-refractivity contribution in [1.82, 2.24) is 19.8 Å². The van der Waals surface area contributed by atoms with Crippen molar-refractivity contribution >= 4 is 17.9 Å². The van der Waals surface area contributed by atoms with E-state index < -0.39 is 5.54 Å². The van der Waals surface area contributed by atoms with E-state index in [4.69, 9.17) is 10.1 Å². The molecule has 1 aromatic heterocycles. The van der Waals surface area contributed by atoms with Crippen LogP contribution in [0, 0.1) is 18.2 Å². The highest BCUT2D eigenvalue weighted by molar-refractivity contribution is 6.06. The highest BCUT2D eigenvalue weighted by atomic mass is 19.1. The Balaban J connectivity index is 1.59. The van der Waals surface area contributed by atoms with Gasteiger partial charge in [0.15, 0.2) is 0 Å². The van der Waals surface area contributed by atoms with E-state index in [9.17, 15) is 9.18 Å². The average molecular weight is 433 g/mol. The van der Waals surface area contributed by atoms with E-state index in [2.05, 4.69) is 10.3 Å². The lowest BCUT2D eigenvalue weighted by Gasteiger charge is -2.33. The molecule has 0 aliphatic carbocycles. The summed E-state index contributed by atoms with van der Waals surface area (Å²) in [5, 5.41) is 11.3. The number of nitrogens with zero attached hydrogens (tertiary/aromatic N) is 3. The number of ether oxygens (including phenoxy) is 1. The molecule has 0 spiro atoms. The minimum absolute atomic E-state index is 0.0279. The van der Waals surface area contributed by atoms with Gasteiger partial charge in [-0.1, -0.05) is 24.3 Å². The number of halogens is 1. The van der Waals surface area contributed by atoms with Crippen LogP contribution in [0.4, 0.5) is 9.18 Å². The van der Waals surface area contributed by atoms with E-state index in [0.717, 1.165) is 22.5 Å². The van der Waals surface area contributed by atoms with Crippen molar-refractivity contribution in [3.8, 4) is 11.4 Å². The molecule has 1 fully saturated rings. The van der Waals surface area contributed by atoms with Crippen molar-refractivity contribution in [1.29, 1.82) is 5.41 Å². The third-order valence-corrected chi connectivity index (χ3v) is 5.61. The predicted octanol–water partition coefficient (Wildman–Crippen LogP) is 4.26. The molecular weight excluding hydrogens is 409 g/mol. The molecule has 0 radical (unpaired) electrons. The Bertz CT molecular complexity index is 1200. The molecule has 164 valence electrons. The van der Waals surface area contributed by atoms with Crippen molar-refractivity contribution in [2.75, 3.05) is 13.7 Å². The maximum Gasteiger partial charge on any atom is 0.324 e. The van der Waals surface area contributed by atoms with Crippen LogP contribution < -0.4 is 10.1 Å². The van der Waals surface area contributed by atoms with Gasteiger partial charge in [0.2, 0.25) is 0 Å². The number of aryl methyl sites for hydroxylation is 1. The SMILES string of the molecule is COc1cc(C=CC(=N)N2C(=O)NCC2(C)c2ccc(F)cc2)ccc1-n1cnc(C)c1. The molecule has 4 rings (SSSR count). The van der Waals surface area contributed by atoms with Crippen LogP contribution in [0.15, 0.2) is 61.1 Å². The lowest BCUT2D eigenvalue weighted by molar-refractivity contribution is 0.213. The van der Waals surface area contributed by atoms with Crippen molar-refractivity contribution in [2.45, 2.75) is 19.4 Å². The Morgan fingerprint density at radius 3 is 2.69 bits per heavy atom. The zero-order valence-corrected chi connectivity index (χ0v) is 18.1. The molecule has 1 atom stereocenters. The van der Waals surface area contributed by atoms with Crippen molar-refractivity contribution in [3.63, 3.8) is 0 Å². The Hall–Kier alpha value is -3.94. The van der Waals surface area contributed by atoms with Crippen LogP contribution in [0.2, 0.25) is 0 Å². The smallest absolute Gasteiger partial charge is 0.324 e. The van der Waals surface area contributed by atoms with Crippen LogP contribution in [0.25, 0.3) is 11.8 Å². The largest absolute Gasteiger partial charge is 0.495 e. The van der Waals surface area contributed by atoms with Gasteiger partial charge in [0.1, 0.15) is 17.4 Å². The fourth-order valence-corrected chi connectivity index (χ4v) is 3.86. The number of carbonyl (C=O) groups excluding carboxylic acids is 1. The van der Waals surface area contributed by atoms with Crippen LogP contribution in [0.3, 0.4) is 0 Å². The van der Waals surface area contributed by atoms with Gasteiger partial charge >= 0.3 is 6.03 Å². The second kappa shape index (κ2) is 8.30. The van der Waals surface area contributed by atoms with Crippen LogP contribution in [-0.2, 0) is 5.54 Å². The van der Waals surface area contributed by atoms with Crippen LogP contribution in [0.5, 0.6) is 5.75 Å². The molecule has 8 heteroatoms. The van der Waals surface area contributed by atoms with Gasteiger partial charge in [-0.2, -0.15) is 0 Å². The Morgan fingerprint density at radius 2 is 2.03 bits per heavy atom. The number of amidine groups is 1. The van der Waals surface area contributed by atoms with Gasteiger partial charge in [0, 0.05) is 12.7 Å². The number of imidazole rings is 1. The van der Waals surface area contributed by atoms with E-state index in [1.165, 1.54) is 17.0 Å². The summed E-state index contributed by atoms with van der Waals surface area (Å²) < 4.78 is 20.8. The minimum Gasteiger partial charge on any atom is -0.495 e. The van der Waals surface area contributed by atoms with Gasteiger partial charge < -0.3 is 14.6 Å². The molecular formula is C24H24FN5O2. The number of amides is 2. The molecule has 7 nitrogen and oxygen atoms in total. The average Bonchev–Trinajstić information content (AvgIpc) is 3.35. The Morgan fingerprint density at radius 1 is 1.28 bits per heavy atom. The highest BCUT2D eigenvalue weighted by Gasteiger charge is 2.44. The summed E-state index contributed by atoms with van der Waals surface area (Å²) in [6, 6.07) is 11.3. The number of methoxy groups -OCH3 is 1. The number of rotatable bonds is 5. The summed E-state index contributed by atoms with van der Waals surface area (Å²) in [4.78, 5) is 18.2. The molecule has 1 aliphatic heterocycles. The first-order valence-corrected chi connectivity index (χ1v) is 10.1. The molecule has 1 unspecified atom stereocenters. The molecule has 2 aromatic carbocycles. The number of aromatic nitrogens is 2. The van der Waals surface area contributed by atoms with Crippen molar-refractivity contribution in [2.24, 2.45) is 0 Å². The zero-order chi connectivity index (χ0) is 22.9. The van der Waals surface area contributed by atoms with Gasteiger partial charge in [0.05, 0.1) is 30.4 Å². The molecule has 2 heterocycles. The van der Waals surface area contributed by atoms with Gasteiger partial charge in [-0.15, -0.1) is 0 Å².